The molecule has 6 heteroatoms. The van der Waals surface area contributed by atoms with Crippen LogP contribution in [-0.4, -0.2) is 23.9 Å². The largest absolute Gasteiger partial charge is 0.471 e. The summed E-state index contributed by atoms with van der Waals surface area (Å²) in [6, 6.07) is -0.693. The van der Waals surface area contributed by atoms with E-state index in [1.807, 2.05) is 0 Å². The molecular weight excluding hydrogens is 199 g/mol. The Morgan fingerprint density at radius 2 is 2.14 bits per heavy atom. The smallest absolute Gasteiger partial charge is 0.342 e. The van der Waals surface area contributed by atoms with E-state index in [1.165, 1.54) is 12.2 Å². The number of allylic oxidation sites excluding steroid dienone is 1. The fourth-order valence-corrected chi connectivity index (χ4v) is 1.07. The number of alkyl halides is 3. The van der Waals surface area contributed by atoms with Gasteiger partial charge in [-0.05, 0) is 12.5 Å². The first-order valence-electron chi connectivity index (χ1n) is 3.98. The van der Waals surface area contributed by atoms with E-state index in [0.29, 0.717) is 0 Å². The summed E-state index contributed by atoms with van der Waals surface area (Å²) in [5.74, 6) is -2.11. The highest BCUT2D eigenvalue weighted by Crippen LogP contribution is 2.16. The number of rotatable bonds is 1. The van der Waals surface area contributed by atoms with Crippen molar-refractivity contribution in [3.05, 3.63) is 12.2 Å². The van der Waals surface area contributed by atoms with Gasteiger partial charge >= 0.3 is 12.1 Å². The summed E-state index contributed by atoms with van der Waals surface area (Å²) in [7, 11) is 0. The van der Waals surface area contributed by atoms with Crippen LogP contribution in [-0.2, 0) is 9.59 Å². The molecule has 1 unspecified atom stereocenters. The molecule has 1 aliphatic rings. The number of carbonyl (C=O) groups is 2. The van der Waals surface area contributed by atoms with Crippen molar-refractivity contribution in [2.24, 2.45) is 0 Å². The normalized spacial score (nSPS) is 22.2. The Morgan fingerprint density at radius 1 is 1.50 bits per heavy atom. The Morgan fingerprint density at radius 3 is 2.57 bits per heavy atom. The second kappa shape index (κ2) is 3.81. The van der Waals surface area contributed by atoms with Crippen LogP contribution in [0.3, 0.4) is 0 Å². The molecule has 3 nitrogen and oxygen atoms in total. The van der Waals surface area contributed by atoms with Crippen LogP contribution in [0.4, 0.5) is 13.2 Å². The minimum atomic E-state index is -4.87. The molecule has 0 aromatic heterocycles. The summed E-state index contributed by atoms with van der Waals surface area (Å²) < 4.78 is 35.3. The Bertz CT molecular complexity index is 283. The lowest BCUT2D eigenvalue weighted by atomic mass is 10.0. The lowest BCUT2D eigenvalue weighted by Crippen LogP contribution is -2.43. The Kier molecular flexibility index (Phi) is 2.93. The van der Waals surface area contributed by atoms with Crippen molar-refractivity contribution < 1.29 is 22.8 Å². The van der Waals surface area contributed by atoms with Crippen molar-refractivity contribution in [1.82, 2.24) is 5.32 Å². The molecule has 0 radical (unpaired) electrons. The SMILES string of the molecule is O=C1C=CC(NC(=O)C(F)(F)F)CC1. The number of carbonyl (C=O) groups excluding carboxylic acids is 2. The van der Waals surface area contributed by atoms with Gasteiger partial charge in [0.2, 0.25) is 0 Å². The molecule has 0 saturated carbocycles. The summed E-state index contributed by atoms with van der Waals surface area (Å²) in [6.45, 7) is 0. The van der Waals surface area contributed by atoms with Gasteiger partial charge in [0.1, 0.15) is 0 Å². The van der Waals surface area contributed by atoms with E-state index >= 15 is 0 Å². The molecule has 0 aromatic rings. The minimum Gasteiger partial charge on any atom is -0.342 e. The molecule has 0 aliphatic heterocycles. The molecule has 1 N–H and O–H groups in total. The van der Waals surface area contributed by atoms with Crippen LogP contribution in [0.5, 0.6) is 0 Å². The van der Waals surface area contributed by atoms with Crippen molar-refractivity contribution >= 4 is 11.7 Å². The van der Waals surface area contributed by atoms with Crippen molar-refractivity contribution in [2.45, 2.75) is 25.1 Å². The van der Waals surface area contributed by atoms with Crippen LogP contribution >= 0.6 is 0 Å². The van der Waals surface area contributed by atoms with Gasteiger partial charge in [0.15, 0.2) is 5.78 Å². The third-order valence-corrected chi connectivity index (χ3v) is 1.79. The number of halogens is 3. The molecule has 0 fully saturated rings. The number of nitrogens with one attached hydrogen (secondary N) is 1. The fraction of sp³-hybridized carbons (Fsp3) is 0.500. The highest BCUT2D eigenvalue weighted by molar-refractivity contribution is 5.91. The first-order valence-corrected chi connectivity index (χ1v) is 3.98. The fourth-order valence-electron chi connectivity index (χ4n) is 1.07. The van der Waals surface area contributed by atoms with Gasteiger partial charge in [0.05, 0.1) is 0 Å². The summed E-state index contributed by atoms with van der Waals surface area (Å²) in [4.78, 5) is 21.1. The van der Waals surface area contributed by atoms with Gasteiger partial charge in [-0.15, -0.1) is 0 Å². The van der Waals surface area contributed by atoms with Gasteiger partial charge < -0.3 is 5.32 Å². The number of hydrogen-bond acceptors (Lipinski definition) is 2. The molecule has 0 saturated heterocycles. The Balaban J connectivity index is 2.50. The first kappa shape index (κ1) is 10.7. The van der Waals surface area contributed by atoms with Gasteiger partial charge in [-0.3, -0.25) is 9.59 Å². The molecule has 1 rings (SSSR count). The van der Waals surface area contributed by atoms with Gasteiger partial charge in [0.25, 0.3) is 0 Å². The average Bonchev–Trinajstić information content (AvgIpc) is 2.07. The van der Waals surface area contributed by atoms with Crippen LogP contribution in [0.25, 0.3) is 0 Å². The maximum Gasteiger partial charge on any atom is 0.471 e. The summed E-state index contributed by atoms with van der Waals surface area (Å²) >= 11 is 0. The standard InChI is InChI=1S/C8H8F3NO2/c9-8(10,11)7(14)12-5-1-3-6(13)4-2-5/h1,3,5H,2,4H2,(H,12,14). The minimum absolute atomic E-state index is 0.137. The zero-order valence-electron chi connectivity index (χ0n) is 7.10. The predicted molar refractivity (Wildman–Crippen MR) is 41.4 cm³/mol. The maximum atomic E-state index is 11.8. The molecule has 0 bridgehead atoms. The van der Waals surface area contributed by atoms with E-state index in [4.69, 9.17) is 0 Å². The second-order valence-corrected chi connectivity index (χ2v) is 2.94. The van der Waals surface area contributed by atoms with E-state index in [0.717, 1.165) is 0 Å². The van der Waals surface area contributed by atoms with E-state index in [-0.39, 0.29) is 18.6 Å². The van der Waals surface area contributed by atoms with E-state index < -0.39 is 18.1 Å². The molecule has 0 aromatic carbocycles. The highest BCUT2D eigenvalue weighted by atomic mass is 19.4. The maximum absolute atomic E-state index is 11.8. The topological polar surface area (TPSA) is 46.2 Å². The van der Waals surface area contributed by atoms with E-state index in [9.17, 15) is 22.8 Å². The van der Waals surface area contributed by atoms with Crippen molar-refractivity contribution in [3.63, 3.8) is 0 Å². The van der Waals surface area contributed by atoms with Crippen molar-refractivity contribution in [2.75, 3.05) is 0 Å². The molecule has 1 atom stereocenters. The van der Waals surface area contributed by atoms with Crippen LogP contribution in [0.2, 0.25) is 0 Å². The second-order valence-electron chi connectivity index (χ2n) is 2.94. The van der Waals surface area contributed by atoms with E-state index in [2.05, 4.69) is 0 Å². The van der Waals surface area contributed by atoms with E-state index in [1.54, 1.807) is 5.32 Å². The number of hydrogen-bond donors (Lipinski definition) is 1. The lowest BCUT2D eigenvalue weighted by molar-refractivity contribution is -0.174. The van der Waals surface area contributed by atoms with Gasteiger partial charge in [-0.1, -0.05) is 6.08 Å². The summed E-state index contributed by atoms with van der Waals surface area (Å²) in [5.41, 5.74) is 0. The number of amides is 1. The zero-order chi connectivity index (χ0) is 10.8. The Labute approximate surface area is 78.0 Å². The third-order valence-electron chi connectivity index (χ3n) is 1.79. The van der Waals surface area contributed by atoms with Crippen LogP contribution in [0, 0.1) is 0 Å². The average molecular weight is 207 g/mol. The first-order chi connectivity index (χ1) is 6.39. The summed E-state index contributed by atoms with van der Waals surface area (Å²) in [5, 5.41) is 1.78. The highest BCUT2D eigenvalue weighted by Gasteiger charge is 2.39. The third kappa shape index (κ3) is 2.86. The quantitative estimate of drug-likeness (QED) is 0.695. The molecule has 14 heavy (non-hydrogen) atoms. The molecular formula is C8H8F3NO2. The van der Waals surface area contributed by atoms with Gasteiger partial charge in [-0.25, -0.2) is 0 Å². The molecule has 1 aliphatic carbocycles. The zero-order valence-corrected chi connectivity index (χ0v) is 7.10. The summed E-state index contributed by atoms with van der Waals surface area (Å²) in [6.07, 6.45) is -2.02. The lowest BCUT2D eigenvalue weighted by Gasteiger charge is -2.18. The molecule has 1 amide bonds. The molecule has 0 heterocycles. The van der Waals surface area contributed by atoms with Crippen LogP contribution in [0.1, 0.15) is 12.8 Å². The van der Waals surface area contributed by atoms with Crippen molar-refractivity contribution in [1.29, 1.82) is 0 Å². The van der Waals surface area contributed by atoms with Gasteiger partial charge in [0, 0.05) is 12.5 Å². The van der Waals surface area contributed by atoms with Crippen LogP contribution in [0.15, 0.2) is 12.2 Å². The molecule has 0 spiro atoms. The van der Waals surface area contributed by atoms with Gasteiger partial charge in [-0.2, -0.15) is 13.2 Å². The monoisotopic (exact) mass is 207 g/mol. The Hall–Kier alpha value is -1.33. The van der Waals surface area contributed by atoms with Crippen molar-refractivity contribution in [3.8, 4) is 0 Å². The molecule has 78 valence electrons. The van der Waals surface area contributed by atoms with Crippen LogP contribution < -0.4 is 5.32 Å². The predicted octanol–water partition coefficient (Wildman–Crippen LogP) is 0.953. The number of ketones is 1.